The van der Waals surface area contributed by atoms with Gasteiger partial charge in [0, 0.05) is 31.0 Å². The molecule has 1 aromatic rings. The van der Waals surface area contributed by atoms with Crippen molar-refractivity contribution >= 4 is 17.3 Å². The Labute approximate surface area is 126 Å². The van der Waals surface area contributed by atoms with Crippen LogP contribution in [0.5, 0.6) is 0 Å². The van der Waals surface area contributed by atoms with Crippen molar-refractivity contribution in [3.05, 3.63) is 24.3 Å². The maximum atomic E-state index is 12.4. The van der Waals surface area contributed by atoms with Gasteiger partial charge in [0.1, 0.15) is 0 Å². The lowest BCUT2D eigenvalue weighted by atomic mass is 10.2. The van der Waals surface area contributed by atoms with Crippen molar-refractivity contribution in [3.8, 4) is 0 Å². The third-order valence-electron chi connectivity index (χ3n) is 4.22. The van der Waals surface area contributed by atoms with Crippen molar-refractivity contribution in [2.24, 2.45) is 0 Å². The number of anilines is 2. The molecule has 0 bridgehead atoms. The average Bonchev–Trinajstić information content (AvgIpc) is 3.01. The number of amides is 1. The number of hydrogen-bond acceptors (Lipinski definition) is 4. The molecular weight excluding hydrogens is 266 g/mol. The number of likely N-dealkylation sites (N-methyl/N-ethyl adjacent to an activating group) is 1. The lowest BCUT2D eigenvalue weighted by molar-refractivity contribution is -0.120. The lowest BCUT2D eigenvalue weighted by Gasteiger charge is -2.29. The third kappa shape index (κ3) is 4.19. The lowest BCUT2D eigenvalue weighted by Crippen LogP contribution is -2.44. The van der Waals surface area contributed by atoms with Crippen LogP contribution in [0.2, 0.25) is 0 Å². The number of carbonyl (C=O) groups is 1. The largest absolute Gasteiger partial charge is 0.399 e. The Bertz CT molecular complexity index is 455. The van der Waals surface area contributed by atoms with Gasteiger partial charge in [0.25, 0.3) is 0 Å². The van der Waals surface area contributed by atoms with Crippen molar-refractivity contribution in [2.45, 2.75) is 31.7 Å². The fraction of sp³-hybridized carbons (Fsp3) is 0.562. The van der Waals surface area contributed by atoms with Crippen LogP contribution in [0, 0.1) is 0 Å². The highest BCUT2D eigenvalue weighted by Gasteiger charge is 2.25. The summed E-state index contributed by atoms with van der Waals surface area (Å²) in [5, 5.41) is 9.22. The van der Waals surface area contributed by atoms with Crippen LogP contribution in [-0.2, 0) is 4.79 Å². The van der Waals surface area contributed by atoms with Crippen molar-refractivity contribution in [2.75, 3.05) is 37.4 Å². The normalized spacial score (nSPS) is 15.6. The highest BCUT2D eigenvalue weighted by molar-refractivity contribution is 5.94. The zero-order valence-electron chi connectivity index (χ0n) is 12.7. The monoisotopic (exact) mass is 291 g/mol. The third-order valence-corrected chi connectivity index (χ3v) is 4.22. The van der Waals surface area contributed by atoms with E-state index < -0.39 is 0 Å². The van der Waals surface area contributed by atoms with E-state index in [0.29, 0.717) is 24.8 Å². The summed E-state index contributed by atoms with van der Waals surface area (Å²) < 4.78 is 0. The van der Waals surface area contributed by atoms with Gasteiger partial charge in [0.15, 0.2) is 0 Å². The first-order valence-electron chi connectivity index (χ1n) is 7.59. The van der Waals surface area contributed by atoms with Crippen LogP contribution < -0.4 is 10.6 Å². The number of benzene rings is 1. The van der Waals surface area contributed by atoms with Crippen LogP contribution >= 0.6 is 0 Å². The molecule has 116 valence electrons. The molecular formula is C16H25N3O2. The molecule has 1 saturated carbocycles. The zero-order valence-corrected chi connectivity index (χ0v) is 12.7. The highest BCUT2D eigenvalue weighted by Crippen LogP contribution is 2.23. The second-order valence-electron chi connectivity index (χ2n) is 5.68. The number of nitrogen functional groups attached to an aromatic ring is 1. The number of aliphatic hydroxyl groups excluding tert-OH is 1. The first kappa shape index (κ1) is 15.8. The van der Waals surface area contributed by atoms with E-state index in [4.69, 9.17) is 5.73 Å². The van der Waals surface area contributed by atoms with Crippen molar-refractivity contribution in [1.82, 2.24) is 4.90 Å². The molecule has 1 fully saturated rings. The van der Waals surface area contributed by atoms with Crippen molar-refractivity contribution in [3.63, 3.8) is 0 Å². The predicted molar refractivity (Wildman–Crippen MR) is 85.2 cm³/mol. The van der Waals surface area contributed by atoms with Crippen LogP contribution in [0.25, 0.3) is 0 Å². The van der Waals surface area contributed by atoms with E-state index >= 15 is 0 Å². The number of nitrogens with two attached hydrogens (primary N) is 1. The molecule has 0 atom stereocenters. The molecule has 0 radical (unpaired) electrons. The minimum Gasteiger partial charge on any atom is -0.399 e. The molecule has 1 aromatic carbocycles. The maximum Gasteiger partial charge on any atom is 0.240 e. The van der Waals surface area contributed by atoms with Crippen LogP contribution in [-0.4, -0.2) is 48.7 Å². The molecule has 1 aliphatic carbocycles. The van der Waals surface area contributed by atoms with Crippen molar-refractivity contribution in [1.29, 1.82) is 0 Å². The van der Waals surface area contributed by atoms with Gasteiger partial charge in [-0.1, -0.05) is 12.8 Å². The Morgan fingerprint density at radius 2 is 1.90 bits per heavy atom. The van der Waals surface area contributed by atoms with Crippen LogP contribution in [0.1, 0.15) is 25.7 Å². The van der Waals surface area contributed by atoms with E-state index in [-0.39, 0.29) is 12.5 Å². The van der Waals surface area contributed by atoms with Crippen molar-refractivity contribution < 1.29 is 9.90 Å². The molecule has 0 spiro atoms. The van der Waals surface area contributed by atoms with Gasteiger partial charge in [-0.25, -0.2) is 0 Å². The highest BCUT2D eigenvalue weighted by atomic mass is 16.3. The molecule has 5 nitrogen and oxygen atoms in total. The molecule has 0 aliphatic heterocycles. The molecule has 2 rings (SSSR count). The number of aliphatic hydroxyl groups is 1. The first-order valence-corrected chi connectivity index (χ1v) is 7.59. The van der Waals surface area contributed by atoms with Gasteiger partial charge in [-0.3, -0.25) is 9.69 Å². The fourth-order valence-corrected chi connectivity index (χ4v) is 2.91. The summed E-state index contributed by atoms with van der Waals surface area (Å²) in [6.45, 7) is 1.01. The van der Waals surface area contributed by atoms with Crippen LogP contribution in [0.3, 0.4) is 0 Å². The number of hydrogen-bond donors (Lipinski definition) is 2. The van der Waals surface area contributed by atoms with Gasteiger partial charge in [0.2, 0.25) is 5.91 Å². The molecule has 1 aliphatic rings. The Kier molecular flexibility index (Phi) is 5.59. The standard InChI is InChI=1S/C16H25N3O2/c1-18(14-8-6-13(17)7-9-14)16(21)12-19(10-11-20)15-4-2-3-5-15/h6-9,15,20H,2-5,10-12,17H2,1H3. The smallest absolute Gasteiger partial charge is 0.240 e. The Morgan fingerprint density at radius 3 is 2.48 bits per heavy atom. The fourth-order valence-electron chi connectivity index (χ4n) is 2.91. The average molecular weight is 291 g/mol. The SMILES string of the molecule is CN(C(=O)CN(CCO)C1CCCC1)c1ccc(N)cc1. The van der Waals surface area contributed by atoms with E-state index in [9.17, 15) is 9.90 Å². The topological polar surface area (TPSA) is 69.8 Å². The molecule has 0 saturated heterocycles. The van der Waals surface area contributed by atoms with Gasteiger partial charge in [-0.2, -0.15) is 0 Å². The van der Waals surface area contributed by atoms with Gasteiger partial charge in [0.05, 0.1) is 13.2 Å². The number of rotatable bonds is 6. The first-order chi connectivity index (χ1) is 10.1. The second-order valence-corrected chi connectivity index (χ2v) is 5.68. The zero-order chi connectivity index (χ0) is 15.2. The van der Waals surface area contributed by atoms with E-state index in [0.717, 1.165) is 18.5 Å². The maximum absolute atomic E-state index is 12.4. The molecule has 21 heavy (non-hydrogen) atoms. The second kappa shape index (κ2) is 7.43. The summed E-state index contributed by atoms with van der Waals surface area (Å²) in [5.41, 5.74) is 7.19. The molecule has 0 aromatic heterocycles. The Morgan fingerprint density at radius 1 is 1.29 bits per heavy atom. The van der Waals surface area contributed by atoms with Gasteiger partial charge in [-0.15, -0.1) is 0 Å². The molecule has 0 heterocycles. The minimum absolute atomic E-state index is 0.0418. The Balaban J connectivity index is 1.98. The van der Waals surface area contributed by atoms with E-state index in [1.54, 1.807) is 24.1 Å². The van der Waals surface area contributed by atoms with Crippen LogP contribution in [0.4, 0.5) is 11.4 Å². The van der Waals surface area contributed by atoms with E-state index in [2.05, 4.69) is 4.90 Å². The van der Waals surface area contributed by atoms with Gasteiger partial charge in [-0.05, 0) is 37.1 Å². The molecule has 5 heteroatoms. The molecule has 0 unspecified atom stereocenters. The minimum atomic E-state index is 0.0418. The number of nitrogens with zero attached hydrogens (tertiary/aromatic N) is 2. The Hall–Kier alpha value is -1.59. The molecule has 1 amide bonds. The summed E-state index contributed by atoms with van der Waals surface area (Å²) >= 11 is 0. The molecule has 3 N–H and O–H groups in total. The summed E-state index contributed by atoms with van der Waals surface area (Å²) in [5.74, 6) is 0.0418. The quantitative estimate of drug-likeness (QED) is 0.779. The summed E-state index contributed by atoms with van der Waals surface area (Å²) in [6.07, 6.45) is 4.68. The summed E-state index contributed by atoms with van der Waals surface area (Å²) in [7, 11) is 1.78. The number of carbonyl (C=O) groups excluding carboxylic acids is 1. The van der Waals surface area contributed by atoms with E-state index in [1.165, 1.54) is 12.8 Å². The van der Waals surface area contributed by atoms with Gasteiger partial charge >= 0.3 is 0 Å². The predicted octanol–water partition coefficient (Wildman–Crippen LogP) is 1.47. The van der Waals surface area contributed by atoms with E-state index in [1.807, 2.05) is 12.1 Å². The summed E-state index contributed by atoms with van der Waals surface area (Å²) in [6, 6.07) is 7.71. The van der Waals surface area contributed by atoms with Gasteiger partial charge < -0.3 is 15.7 Å². The van der Waals surface area contributed by atoms with Crippen LogP contribution in [0.15, 0.2) is 24.3 Å². The summed E-state index contributed by atoms with van der Waals surface area (Å²) in [4.78, 5) is 16.2.